The summed E-state index contributed by atoms with van der Waals surface area (Å²) in [5.74, 6) is 0.429. The number of benzene rings is 1. The molecule has 0 saturated heterocycles. The standard InChI is InChI=1S/C14H20Cl2N2O2S/c1-9(2)5-6-18(11-3-4-11)21(19,20)14-12(15)7-10(17)8-13(14)16/h7-9,11H,3-6,17H2,1-2H3. The van der Waals surface area contributed by atoms with Crippen LogP contribution < -0.4 is 5.73 Å². The third-order valence-electron chi connectivity index (χ3n) is 3.47. The van der Waals surface area contributed by atoms with E-state index in [-0.39, 0.29) is 21.0 Å². The van der Waals surface area contributed by atoms with Crippen LogP contribution in [0.3, 0.4) is 0 Å². The van der Waals surface area contributed by atoms with Crippen molar-refractivity contribution >= 4 is 38.9 Å². The van der Waals surface area contributed by atoms with Crippen LogP contribution in [0.1, 0.15) is 33.1 Å². The SMILES string of the molecule is CC(C)CCN(C1CC1)S(=O)(=O)c1c(Cl)cc(N)cc1Cl. The van der Waals surface area contributed by atoms with Crippen molar-refractivity contribution in [3.63, 3.8) is 0 Å². The topological polar surface area (TPSA) is 63.4 Å². The van der Waals surface area contributed by atoms with Gasteiger partial charge >= 0.3 is 0 Å². The Labute approximate surface area is 136 Å². The van der Waals surface area contributed by atoms with Crippen molar-refractivity contribution in [2.24, 2.45) is 5.92 Å². The molecule has 0 spiro atoms. The van der Waals surface area contributed by atoms with Gasteiger partial charge in [0.2, 0.25) is 10.0 Å². The molecule has 4 nitrogen and oxygen atoms in total. The van der Waals surface area contributed by atoms with E-state index in [1.165, 1.54) is 16.4 Å². The average molecular weight is 351 g/mol. The highest BCUT2D eigenvalue weighted by Crippen LogP contribution is 2.38. The van der Waals surface area contributed by atoms with Gasteiger partial charge in [-0.25, -0.2) is 8.42 Å². The fourth-order valence-corrected chi connectivity index (χ4v) is 5.07. The Morgan fingerprint density at radius 3 is 2.24 bits per heavy atom. The van der Waals surface area contributed by atoms with Crippen molar-refractivity contribution in [3.05, 3.63) is 22.2 Å². The second kappa shape index (κ2) is 6.32. The number of halogens is 2. The molecule has 118 valence electrons. The van der Waals surface area contributed by atoms with E-state index < -0.39 is 10.0 Å². The largest absolute Gasteiger partial charge is 0.399 e. The molecule has 1 aromatic rings. The summed E-state index contributed by atoms with van der Waals surface area (Å²) in [5.41, 5.74) is 5.99. The minimum atomic E-state index is -3.70. The summed E-state index contributed by atoms with van der Waals surface area (Å²) in [4.78, 5) is -0.0318. The Balaban J connectivity index is 2.39. The van der Waals surface area contributed by atoms with Crippen molar-refractivity contribution in [2.45, 2.75) is 44.0 Å². The number of sulfonamides is 1. The second-order valence-corrected chi connectivity index (χ2v) is 8.48. The zero-order valence-electron chi connectivity index (χ0n) is 12.1. The molecule has 0 bridgehead atoms. The second-order valence-electron chi connectivity index (χ2n) is 5.84. The highest BCUT2D eigenvalue weighted by atomic mass is 35.5. The van der Waals surface area contributed by atoms with E-state index in [2.05, 4.69) is 13.8 Å². The van der Waals surface area contributed by atoms with Crippen molar-refractivity contribution in [2.75, 3.05) is 12.3 Å². The van der Waals surface area contributed by atoms with Gasteiger partial charge in [-0.05, 0) is 37.3 Å². The third kappa shape index (κ3) is 3.83. The molecule has 0 unspecified atom stereocenters. The van der Waals surface area contributed by atoms with Crippen molar-refractivity contribution in [1.82, 2.24) is 4.31 Å². The Kier molecular flexibility index (Phi) is 5.08. The Bertz CT molecular complexity index is 605. The van der Waals surface area contributed by atoms with Gasteiger partial charge in [0.1, 0.15) is 4.90 Å². The van der Waals surface area contributed by atoms with Gasteiger partial charge < -0.3 is 5.73 Å². The number of nitrogens with zero attached hydrogens (tertiary/aromatic N) is 1. The molecule has 1 aromatic carbocycles. The van der Waals surface area contributed by atoms with Gasteiger partial charge in [-0.1, -0.05) is 37.0 Å². The van der Waals surface area contributed by atoms with Crippen LogP contribution in [0.4, 0.5) is 5.69 Å². The molecule has 0 aliphatic heterocycles. The number of rotatable bonds is 6. The molecule has 2 rings (SSSR count). The van der Waals surface area contributed by atoms with Crippen molar-refractivity contribution < 1.29 is 8.42 Å². The van der Waals surface area contributed by atoms with E-state index >= 15 is 0 Å². The quantitative estimate of drug-likeness (QED) is 0.794. The lowest BCUT2D eigenvalue weighted by molar-refractivity contribution is 0.373. The van der Waals surface area contributed by atoms with Crippen LogP contribution in [0.5, 0.6) is 0 Å². The molecule has 1 saturated carbocycles. The third-order valence-corrected chi connectivity index (χ3v) is 6.34. The van der Waals surface area contributed by atoms with Gasteiger partial charge in [0.25, 0.3) is 0 Å². The van der Waals surface area contributed by atoms with Gasteiger partial charge in [0.15, 0.2) is 0 Å². The summed E-state index contributed by atoms with van der Waals surface area (Å²) in [6.45, 7) is 4.63. The predicted molar refractivity (Wildman–Crippen MR) is 87.2 cm³/mol. The molecule has 7 heteroatoms. The molecule has 0 amide bonds. The van der Waals surface area contributed by atoms with Crippen LogP contribution >= 0.6 is 23.2 Å². The summed E-state index contributed by atoms with van der Waals surface area (Å²) in [7, 11) is -3.70. The fourth-order valence-electron chi connectivity index (χ4n) is 2.19. The number of hydrogen-bond donors (Lipinski definition) is 1. The average Bonchev–Trinajstić information content (AvgIpc) is 3.10. The maximum absolute atomic E-state index is 12.9. The lowest BCUT2D eigenvalue weighted by Gasteiger charge is -2.24. The fraction of sp³-hybridized carbons (Fsp3) is 0.571. The minimum absolute atomic E-state index is 0.0318. The molecule has 1 fully saturated rings. The van der Waals surface area contributed by atoms with E-state index in [4.69, 9.17) is 28.9 Å². The van der Waals surface area contributed by atoms with Crippen LogP contribution in [0.2, 0.25) is 10.0 Å². The van der Waals surface area contributed by atoms with E-state index in [0.29, 0.717) is 18.2 Å². The van der Waals surface area contributed by atoms with E-state index in [1.807, 2.05) is 0 Å². The van der Waals surface area contributed by atoms with Gasteiger partial charge in [0, 0.05) is 18.3 Å². The zero-order chi connectivity index (χ0) is 15.8. The Morgan fingerprint density at radius 2 is 1.81 bits per heavy atom. The number of nitrogens with two attached hydrogens (primary N) is 1. The number of anilines is 1. The van der Waals surface area contributed by atoms with Crippen molar-refractivity contribution in [1.29, 1.82) is 0 Å². The number of hydrogen-bond acceptors (Lipinski definition) is 3. The first-order valence-electron chi connectivity index (χ1n) is 7.00. The van der Waals surface area contributed by atoms with E-state index in [9.17, 15) is 8.42 Å². The lowest BCUT2D eigenvalue weighted by atomic mass is 10.1. The van der Waals surface area contributed by atoms with E-state index in [0.717, 1.165) is 19.3 Å². The summed E-state index contributed by atoms with van der Waals surface area (Å²) >= 11 is 12.2. The highest BCUT2D eigenvalue weighted by molar-refractivity contribution is 7.89. The Morgan fingerprint density at radius 1 is 1.29 bits per heavy atom. The predicted octanol–water partition coefficient (Wildman–Crippen LogP) is 3.77. The molecule has 0 heterocycles. The molecule has 0 aromatic heterocycles. The molecular formula is C14H20Cl2N2O2S. The first kappa shape index (κ1) is 16.9. The Hall–Kier alpha value is -0.490. The lowest BCUT2D eigenvalue weighted by Crippen LogP contribution is -2.35. The first-order chi connectivity index (χ1) is 9.73. The maximum Gasteiger partial charge on any atom is 0.246 e. The van der Waals surface area contributed by atoms with Crippen LogP contribution in [0.15, 0.2) is 17.0 Å². The molecule has 2 N–H and O–H groups in total. The first-order valence-corrected chi connectivity index (χ1v) is 9.19. The maximum atomic E-state index is 12.9. The summed E-state index contributed by atoms with van der Waals surface area (Å²) < 4.78 is 27.3. The van der Waals surface area contributed by atoms with E-state index in [1.54, 1.807) is 0 Å². The molecule has 0 radical (unpaired) electrons. The van der Waals surface area contributed by atoms with Crippen LogP contribution in [0.25, 0.3) is 0 Å². The zero-order valence-corrected chi connectivity index (χ0v) is 14.5. The highest BCUT2D eigenvalue weighted by Gasteiger charge is 2.39. The van der Waals surface area contributed by atoms with Crippen LogP contribution in [-0.2, 0) is 10.0 Å². The summed E-state index contributed by atoms with van der Waals surface area (Å²) in [6, 6.07) is 2.92. The van der Waals surface area contributed by atoms with Gasteiger partial charge in [-0.15, -0.1) is 0 Å². The van der Waals surface area contributed by atoms with Crippen LogP contribution in [0, 0.1) is 5.92 Å². The van der Waals surface area contributed by atoms with Gasteiger partial charge in [0.05, 0.1) is 10.0 Å². The van der Waals surface area contributed by atoms with Gasteiger partial charge in [-0.3, -0.25) is 0 Å². The van der Waals surface area contributed by atoms with Crippen molar-refractivity contribution in [3.8, 4) is 0 Å². The summed E-state index contributed by atoms with van der Waals surface area (Å²) in [5, 5.41) is 0.158. The molecule has 1 aliphatic rings. The minimum Gasteiger partial charge on any atom is -0.399 e. The van der Waals surface area contributed by atoms with Gasteiger partial charge in [-0.2, -0.15) is 4.31 Å². The molecule has 1 aliphatic carbocycles. The molecule has 0 atom stereocenters. The normalized spacial score (nSPS) is 15.9. The summed E-state index contributed by atoms with van der Waals surface area (Å²) in [6.07, 6.45) is 2.59. The molecule has 21 heavy (non-hydrogen) atoms. The smallest absolute Gasteiger partial charge is 0.246 e. The number of nitrogen functional groups attached to an aromatic ring is 1. The van der Waals surface area contributed by atoms with Crippen LogP contribution in [-0.4, -0.2) is 25.3 Å². The monoisotopic (exact) mass is 350 g/mol. The molecular weight excluding hydrogens is 331 g/mol.